The van der Waals surface area contributed by atoms with Crippen LogP contribution in [0.4, 0.5) is 17.2 Å². The average Bonchev–Trinajstić information content (AvgIpc) is 2.75. The van der Waals surface area contributed by atoms with Gasteiger partial charge in [-0.3, -0.25) is 9.78 Å². The molecule has 0 unspecified atom stereocenters. The Morgan fingerprint density at radius 2 is 1.70 bits per heavy atom. The Morgan fingerprint density at radius 3 is 2.57 bits per heavy atom. The van der Waals surface area contributed by atoms with Gasteiger partial charge in [-0.2, -0.15) is 0 Å². The van der Waals surface area contributed by atoms with Crippen LogP contribution in [0.2, 0.25) is 0 Å². The predicted octanol–water partition coefficient (Wildman–Crippen LogP) is 5.41. The second kappa shape index (κ2) is 8.61. The van der Waals surface area contributed by atoms with E-state index in [4.69, 9.17) is 4.74 Å². The molecule has 0 bridgehead atoms. The standard InChI is InChI=1S/C24H22N4O2/c1-16(2)30-21-11-4-3-9-19(21)28-24(29)18-12-14-25-22(15-18)27-20-10-5-7-17-8-6-13-26-23(17)20/h3-16H,1-2H3,(H,25,27)(H,28,29). The number of fused-ring (bicyclic) bond motifs is 1. The summed E-state index contributed by atoms with van der Waals surface area (Å²) < 4.78 is 5.78. The maximum absolute atomic E-state index is 12.8. The second-order valence-electron chi connectivity index (χ2n) is 7.05. The topological polar surface area (TPSA) is 76.1 Å². The second-order valence-corrected chi connectivity index (χ2v) is 7.05. The van der Waals surface area contributed by atoms with E-state index in [9.17, 15) is 4.79 Å². The van der Waals surface area contributed by atoms with Gasteiger partial charge in [-0.05, 0) is 50.2 Å². The molecular weight excluding hydrogens is 376 g/mol. The number of aromatic nitrogens is 2. The fourth-order valence-electron chi connectivity index (χ4n) is 3.10. The number of benzene rings is 2. The molecular formula is C24H22N4O2. The van der Waals surface area contributed by atoms with E-state index in [1.807, 2.05) is 68.4 Å². The summed E-state index contributed by atoms with van der Waals surface area (Å²) in [4.78, 5) is 21.6. The van der Waals surface area contributed by atoms with E-state index in [2.05, 4.69) is 20.6 Å². The van der Waals surface area contributed by atoms with Gasteiger partial charge in [0.25, 0.3) is 5.91 Å². The fraction of sp³-hybridized carbons (Fsp3) is 0.125. The highest BCUT2D eigenvalue weighted by Gasteiger charge is 2.12. The summed E-state index contributed by atoms with van der Waals surface area (Å²) >= 11 is 0. The molecule has 4 aromatic rings. The lowest BCUT2D eigenvalue weighted by Crippen LogP contribution is -2.14. The van der Waals surface area contributed by atoms with Gasteiger partial charge in [0, 0.05) is 23.3 Å². The maximum atomic E-state index is 12.8. The van der Waals surface area contributed by atoms with Crippen LogP contribution in [0.25, 0.3) is 10.9 Å². The van der Waals surface area contributed by atoms with Crippen LogP contribution in [0.15, 0.2) is 79.1 Å². The van der Waals surface area contributed by atoms with Crippen LogP contribution in [0, 0.1) is 0 Å². The Labute approximate surface area is 175 Å². The van der Waals surface area contributed by atoms with E-state index in [0.29, 0.717) is 22.8 Å². The molecule has 6 heteroatoms. The van der Waals surface area contributed by atoms with Crippen molar-refractivity contribution in [3.05, 3.63) is 84.7 Å². The van der Waals surface area contributed by atoms with Crippen molar-refractivity contribution in [3.63, 3.8) is 0 Å². The van der Waals surface area contributed by atoms with Crippen LogP contribution in [-0.4, -0.2) is 22.0 Å². The number of ether oxygens (including phenoxy) is 1. The van der Waals surface area contributed by atoms with Crippen LogP contribution in [0.3, 0.4) is 0 Å². The van der Waals surface area contributed by atoms with Gasteiger partial charge in [-0.25, -0.2) is 4.98 Å². The highest BCUT2D eigenvalue weighted by molar-refractivity contribution is 6.05. The van der Waals surface area contributed by atoms with Crippen molar-refractivity contribution in [1.29, 1.82) is 0 Å². The van der Waals surface area contributed by atoms with Crippen LogP contribution in [0.1, 0.15) is 24.2 Å². The number of carbonyl (C=O) groups excluding carboxylic acids is 1. The van der Waals surface area contributed by atoms with Gasteiger partial charge in [-0.15, -0.1) is 0 Å². The van der Waals surface area contributed by atoms with E-state index in [1.165, 1.54) is 0 Å². The van der Waals surface area contributed by atoms with Gasteiger partial charge in [0.05, 0.1) is 23.0 Å². The number of carbonyl (C=O) groups is 1. The number of rotatable bonds is 6. The molecule has 2 heterocycles. The van der Waals surface area contributed by atoms with E-state index >= 15 is 0 Å². The third-order valence-electron chi connectivity index (χ3n) is 4.42. The molecule has 0 radical (unpaired) electrons. The zero-order valence-electron chi connectivity index (χ0n) is 16.8. The van der Waals surface area contributed by atoms with Crippen molar-refractivity contribution < 1.29 is 9.53 Å². The Kier molecular flexibility index (Phi) is 5.57. The summed E-state index contributed by atoms with van der Waals surface area (Å²) in [6.45, 7) is 3.89. The van der Waals surface area contributed by atoms with E-state index in [1.54, 1.807) is 24.5 Å². The molecule has 0 spiro atoms. The van der Waals surface area contributed by atoms with Gasteiger partial charge in [0.15, 0.2) is 0 Å². The van der Waals surface area contributed by atoms with Gasteiger partial charge < -0.3 is 15.4 Å². The van der Waals surface area contributed by atoms with E-state index in [0.717, 1.165) is 16.6 Å². The number of hydrogen-bond acceptors (Lipinski definition) is 5. The zero-order chi connectivity index (χ0) is 20.9. The summed E-state index contributed by atoms with van der Waals surface area (Å²) in [7, 11) is 0. The molecule has 6 nitrogen and oxygen atoms in total. The Morgan fingerprint density at radius 1 is 0.900 bits per heavy atom. The lowest BCUT2D eigenvalue weighted by Gasteiger charge is -2.15. The summed E-state index contributed by atoms with van der Waals surface area (Å²) in [5.41, 5.74) is 2.78. The van der Waals surface area contributed by atoms with Crippen molar-refractivity contribution in [2.45, 2.75) is 20.0 Å². The number of hydrogen-bond donors (Lipinski definition) is 2. The van der Waals surface area contributed by atoms with Crippen molar-refractivity contribution in [2.75, 3.05) is 10.6 Å². The lowest BCUT2D eigenvalue weighted by molar-refractivity contribution is 0.102. The molecule has 2 aromatic heterocycles. The van der Waals surface area contributed by atoms with E-state index < -0.39 is 0 Å². The Balaban J connectivity index is 1.56. The first-order valence-electron chi connectivity index (χ1n) is 9.74. The molecule has 0 aliphatic rings. The van der Waals surface area contributed by atoms with Crippen LogP contribution < -0.4 is 15.4 Å². The van der Waals surface area contributed by atoms with Crippen molar-refractivity contribution in [1.82, 2.24) is 9.97 Å². The van der Waals surface area contributed by atoms with Crippen LogP contribution in [-0.2, 0) is 0 Å². The molecule has 1 amide bonds. The number of anilines is 3. The average molecular weight is 398 g/mol. The van der Waals surface area contributed by atoms with Gasteiger partial charge in [0.2, 0.25) is 0 Å². The molecule has 2 aromatic carbocycles. The number of para-hydroxylation sites is 3. The summed E-state index contributed by atoms with van der Waals surface area (Å²) in [5.74, 6) is 0.957. The van der Waals surface area contributed by atoms with Crippen LogP contribution in [0.5, 0.6) is 5.75 Å². The van der Waals surface area contributed by atoms with Crippen LogP contribution >= 0.6 is 0 Å². The lowest BCUT2D eigenvalue weighted by atomic mass is 10.2. The SMILES string of the molecule is CC(C)Oc1ccccc1NC(=O)c1ccnc(Nc2cccc3cccnc23)c1. The molecule has 0 saturated carbocycles. The Hall–Kier alpha value is -3.93. The van der Waals surface area contributed by atoms with Crippen molar-refractivity contribution >= 4 is 34.0 Å². The van der Waals surface area contributed by atoms with Gasteiger partial charge in [0.1, 0.15) is 11.6 Å². The van der Waals surface area contributed by atoms with Gasteiger partial charge >= 0.3 is 0 Å². The highest BCUT2D eigenvalue weighted by Crippen LogP contribution is 2.26. The predicted molar refractivity (Wildman–Crippen MR) is 119 cm³/mol. The molecule has 0 aliphatic heterocycles. The summed E-state index contributed by atoms with van der Waals surface area (Å²) in [6, 6.07) is 20.6. The summed E-state index contributed by atoms with van der Waals surface area (Å²) in [5, 5.41) is 7.21. The minimum atomic E-state index is -0.240. The number of amides is 1. The number of nitrogens with one attached hydrogen (secondary N) is 2. The molecule has 0 aliphatic carbocycles. The third kappa shape index (κ3) is 4.38. The number of nitrogens with zero attached hydrogens (tertiary/aromatic N) is 2. The first-order chi connectivity index (χ1) is 14.6. The Bertz CT molecular complexity index is 1190. The smallest absolute Gasteiger partial charge is 0.255 e. The molecule has 0 fully saturated rings. The third-order valence-corrected chi connectivity index (χ3v) is 4.42. The molecule has 150 valence electrons. The normalized spacial score (nSPS) is 10.8. The van der Waals surface area contributed by atoms with E-state index in [-0.39, 0.29) is 12.0 Å². The molecule has 0 atom stereocenters. The van der Waals surface area contributed by atoms with Crippen molar-refractivity contribution in [3.8, 4) is 5.75 Å². The van der Waals surface area contributed by atoms with Gasteiger partial charge in [-0.1, -0.05) is 30.3 Å². The number of pyridine rings is 2. The molecule has 30 heavy (non-hydrogen) atoms. The largest absolute Gasteiger partial charge is 0.489 e. The summed E-state index contributed by atoms with van der Waals surface area (Å²) in [6.07, 6.45) is 3.36. The quantitative estimate of drug-likeness (QED) is 0.454. The maximum Gasteiger partial charge on any atom is 0.255 e. The monoisotopic (exact) mass is 398 g/mol. The molecule has 2 N–H and O–H groups in total. The van der Waals surface area contributed by atoms with Crippen molar-refractivity contribution in [2.24, 2.45) is 0 Å². The minimum Gasteiger partial charge on any atom is -0.489 e. The minimum absolute atomic E-state index is 0.00841. The molecule has 0 saturated heterocycles. The zero-order valence-corrected chi connectivity index (χ0v) is 16.8. The highest BCUT2D eigenvalue weighted by atomic mass is 16.5. The fourth-order valence-corrected chi connectivity index (χ4v) is 3.10. The first-order valence-corrected chi connectivity index (χ1v) is 9.74. The first kappa shape index (κ1) is 19.4. The molecule has 4 rings (SSSR count).